The molecule has 30 heavy (non-hydrogen) atoms. The van der Waals surface area contributed by atoms with E-state index in [1.165, 1.54) is 24.3 Å². The Morgan fingerprint density at radius 1 is 1.07 bits per heavy atom. The maximum Gasteiger partial charge on any atom is 0.321 e. The number of piperidine rings is 1. The van der Waals surface area contributed by atoms with Crippen molar-refractivity contribution in [2.75, 3.05) is 25.0 Å². The first-order valence-corrected chi connectivity index (χ1v) is 11.5. The Hall–Kier alpha value is -2.45. The number of sulfonamides is 1. The number of halogens is 1. The van der Waals surface area contributed by atoms with Crippen LogP contribution in [0.4, 0.5) is 14.9 Å². The Bertz CT molecular complexity index is 991. The lowest BCUT2D eigenvalue weighted by molar-refractivity contribution is 0.183. The van der Waals surface area contributed by atoms with Crippen molar-refractivity contribution >= 4 is 21.7 Å². The largest absolute Gasteiger partial charge is 0.325 e. The molecule has 1 heterocycles. The molecule has 1 aliphatic heterocycles. The molecule has 0 bridgehead atoms. The average molecular weight is 434 g/mol. The van der Waals surface area contributed by atoms with Crippen molar-refractivity contribution in [3.05, 3.63) is 58.9 Å². The van der Waals surface area contributed by atoms with Gasteiger partial charge in [0.05, 0.1) is 4.90 Å². The van der Waals surface area contributed by atoms with Crippen LogP contribution in [-0.4, -0.2) is 39.0 Å². The number of benzene rings is 2. The fourth-order valence-corrected chi connectivity index (χ4v) is 5.53. The summed E-state index contributed by atoms with van der Waals surface area (Å²) in [7, 11) is -3.59. The van der Waals surface area contributed by atoms with Crippen LogP contribution in [-0.2, 0) is 10.0 Å². The number of rotatable bonds is 5. The summed E-state index contributed by atoms with van der Waals surface area (Å²) in [5.41, 5.74) is 3.06. The molecule has 0 saturated carbocycles. The van der Waals surface area contributed by atoms with E-state index >= 15 is 0 Å². The molecule has 2 N–H and O–H groups in total. The van der Waals surface area contributed by atoms with Gasteiger partial charge in [-0.3, -0.25) is 0 Å². The molecule has 2 aromatic carbocycles. The van der Waals surface area contributed by atoms with Crippen molar-refractivity contribution in [3.8, 4) is 0 Å². The normalized spacial score (nSPS) is 15.3. The van der Waals surface area contributed by atoms with E-state index in [9.17, 15) is 17.6 Å². The summed E-state index contributed by atoms with van der Waals surface area (Å²) < 4.78 is 41.4. The minimum absolute atomic E-state index is 0.167. The van der Waals surface area contributed by atoms with Crippen LogP contribution in [0.3, 0.4) is 0 Å². The third-order valence-electron chi connectivity index (χ3n) is 5.43. The second kappa shape index (κ2) is 9.14. The third-order valence-corrected chi connectivity index (χ3v) is 7.16. The van der Waals surface area contributed by atoms with Crippen LogP contribution < -0.4 is 10.0 Å². The molecule has 2 aromatic rings. The SMILES string of the molecule is Cc1cc(C)c(S(=O)(=O)NCC2CCN(C(=O)Nc3ccc(F)cc3)CC2)c(C)c1. The molecule has 0 aliphatic carbocycles. The number of carbonyl (C=O) groups excluding carboxylic acids is 1. The molecular formula is C22H28FN3O3S. The van der Waals surface area contributed by atoms with Gasteiger partial charge in [0, 0.05) is 25.3 Å². The minimum atomic E-state index is -3.59. The number of hydrogen-bond acceptors (Lipinski definition) is 3. The van der Waals surface area contributed by atoms with Gasteiger partial charge in [0.15, 0.2) is 0 Å². The summed E-state index contributed by atoms with van der Waals surface area (Å²) in [5.74, 6) is -0.187. The predicted molar refractivity (Wildman–Crippen MR) is 116 cm³/mol. The highest BCUT2D eigenvalue weighted by molar-refractivity contribution is 7.89. The number of carbonyl (C=O) groups is 1. The Kier molecular flexibility index (Phi) is 6.77. The van der Waals surface area contributed by atoms with Crippen LogP contribution >= 0.6 is 0 Å². The van der Waals surface area contributed by atoms with Gasteiger partial charge in [-0.1, -0.05) is 17.7 Å². The number of amides is 2. The minimum Gasteiger partial charge on any atom is -0.325 e. The van der Waals surface area contributed by atoms with Crippen LogP contribution in [0.25, 0.3) is 0 Å². The van der Waals surface area contributed by atoms with Gasteiger partial charge in [0.25, 0.3) is 0 Å². The monoisotopic (exact) mass is 433 g/mol. The first-order chi connectivity index (χ1) is 14.2. The van der Waals surface area contributed by atoms with E-state index in [0.717, 1.165) is 16.7 Å². The van der Waals surface area contributed by atoms with E-state index in [1.807, 2.05) is 32.9 Å². The molecule has 0 atom stereocenters. The predicted octanol–water partition coefficient (Wildman–Crippen LogP) is 3.97. The summed E-state index contributed by atoms with van der Waals surface area (Å²) in [5, 5.41) is 2.76. The van der Waals surface area contributed by atoms with E-state index in [0.29, 0.717) is 43.1 Å². The van der Waals surface area contributed by atoms with Crippen molar-refractivity contribution in [1.29, 1.82) is 0 Å². The summed E-state index contributed by atoms with van der Waals surface area (Å²) >= 11 is 0. The maximum absolute atomic E-state index is 13.0. The van der Waals surface area contributed by atoms with Gasteiger partial charge < -0.3 is 10.2 Å². The van der Waals surface area contributed by atoms with E-state index in [1.54, 1.807) is 4.90 Å². The van der Waals surface area contributed by atoms with Crippen LogP contribution in [0, 0.1) is 32.5 Å². The standard InChI is InChI=1S/C22H28FN3O3S/c1-15-12-16(2)21(17(3)13-15)30(28,29)24-14-18-8-10-26(11-9-18)22(27)25-20-6-4-19(23)5-7-20/h4-7,12-13,18,24H,8-11,14H2,1-3H3,(H,25,27). The highest BCUT2D eigenvalue weighted by Crippen LogP contribution is 2.23. The number of urea groups is 1. The molecule has 6 nitrogen and oxygen atoms in total. The molecule has 0 aromatic heterocycles. The zero-order valence-electron chi connectivity index (χ0n) is 17.5. The maximum atomic E-state index is 13.0. The molecule has 8 heteroatoms. The van der Waals surface area contributed by atoms with Crippen LogP contribution in [0.1, 0.15) is 29.5 Å². The first kappa shape index (κ1) is 22.2. The van der Waals surface area contributed by atoms with Crippen LogP contribution in [0.2, 0.25) is 0 Å². The molecule has 0 spiro atoms. The van der Waals surface area contributed by atoms with Gasteiger partial charge >= 0.3 is 6.03 Å². The Balaban J connectivity index is 1.52. The van der Waals surface area contributed by atoms with Crippen molar-refractivity contribution < 1.29 is 17.6 Å². The number of anilines is 1. The summed E-state index contributed by atoms with van der Waals surface area (Å²) in [6, 6.07) is 9.15. The number of nitrogens with one attached hydrogen (secondary N) is 2. The van der Waals surface area contributed by atoms with Gasteiger partial charge in [-0.2, -0.15) is 0 Å². The highest BCUT2D eigenvalue weighted by atomic mass is 32.2. The molecule has 3 rings (SSSR count). The smallest absolute Gasteiger partial charge is 0.321 e. The Morgan fingerprint density at radius 3 is 2.20 bits per heavy atom. The van der Waals surface area contributed by atoms with E-state index < -0.39 is 10.0 Å². The lowest BCUT2D eigenvalue weighted by atomic mass is 9.97. The first-order valence-electron chi connectivity index (χ1n) is 10.0. The molecular weight excluding hydrogens is 405 g/mol. The lowest BCUT2D eigenvalue weighted by Gasteiger charge is -2.32. The average Bonchev–Trinajstić information content (AvgIpc) is 2.67. The number of likely N-dealkylation sites (tertiary alicyclic amines) is 1. The molecule has 0 unspecified atom stereocenters. The van der Waals surface area contributed by atoms with Gasteiger partial charge in [-0.25, -0.2) is 22.3 Å². The van der Waals surface area contributed by atoms with Gasteiger partial charge in [0.1, 0.15) is 5.82 Å². The van der Waals surface area contributed by atoms with Gasteiger partial charge in [-0.15, -0.1) is 0 Å². The topological polar surface area (TPSA) is 78.5 Å². The molecule has 1 saturated heterocycles. The van der Waals surface area contributed by atoms with Gasteiger partial charge in [-0.05, 0) is 74.9 Å². The zero-order chi connectivity index (χ0) is 21.9. The molecule has 162 valence electrons. The van der Waals surface area contributed by atoms with E-state index in [2.05, 4.69) is 10.0 Å². The second-order valence-electron chi connectivity index (χ2n) is 7.95. The van der Waals surface area contributed by atoms with Crippen LogP contribution in [0.5, 0.6) is 0 Å². The highest BCUT2D eigenvalue weighted by Gasteiger charge is 2.26. The van der Waals surface area contributed by atoms with Crippen molar-refractivity contribution in [1.82, 2.24) is 9.62 Å². The number of hydrogen-bond donors (Lipinski definition) is 2. The third kappa shape index (κ3) is 5.37. The molecule has 1 fully saturated rings. The van der Waals surface area contributed by atoms with Crippen molar-refractivity contribution in [3.63, 3.8) is 0 Å². The van der Waals surface area contributed by atoms with Crippen molar-refractivity contribution in [2.45, 2.75) is 38.5 Å². The Morgan fingerprint density at radius 2 is 1.63 bits per heavy atom. The van der Waals surface area contributed by atoms with Gasteiger partial charge in [0.2, 0.25) is 10.0 Å². The molecule has 0 radical (unpaired) electrons. The number of aryl methyl sites for hydroxylation is 3. The van der Waals surface area contributed by atoms with Crippen molar-refractivity contribution in [2.24, 2.45) is 5.92 Å². The second-order valence-corrected chi connectivity index (χ2v) is 9.65. The lowest BCUT2D eigenvalue weighted by Crippen LogP contribution is -2.43. The number of nitrogens with zero attached hydrogens (tertiary/aromatic N) is 1. The summed E-state index contributed by atoms with van der Waals surface area (Å²) in [6.45, 7) is 7.01. The van der Waals surface area contributed by atoms with Crippen LogP contribution in [0.15, 0.2) is 41.3 Å². The zero-order valence-corrected chi connectivity index (χ0v) is 18.4. The fourth-order valence-electron chi connectivity index (χ4n) is 3.97. The summed E-state index contributed by atoms with van der Waals surface area (Å²) in [4.78, 5) is 14.4. The van der Waals surface area contributed by atoms with E-state index in [-0.39, 0.29) is 17.8 Å². The Labute approximate surface area is 177 Å². The molecule has 2 amide bonds. The quantitative estimate of drug-likeness (QED) is 0.749. The fraction of sp³-hybridized carbons (Fsp3) is 0.409. The van der Waals surface area contributed by atoms with E-state index in [4.69, 9.17) is 0 Å². The summed E-state index contributed by atoms with van der Waals surface area (Å²) in [6.07, 6.45) is 1.43. The molecule has 1 aliphatic rings.